The number of benzene rings is 1. The van der Waals surface area contributed by atoms with Crippen LogP contribution >= 0.6 is 0 Å². The molecule has 5 rings (SSSR count). The number of rotatable bonds is 3. The zero-order chi connectivity index (χ0) is 24.0. The predicted octanol–water partition coefficient (Wildman–Crippen LogP) is 2.97. The lowest BCUT2D eigenvalue weighted by molar-refractivity contribution is 0.102. The monoisotopic (exact) mass is 458 g/mol. The van der Waals surface area contributed by atoms with Gasteiger partial charge in [-0.2, -0.15) is 10.4 Å². The lowest BCUT2D eigenvalue weighted by Crippen LogP contribution is -2.54. The first kappa shape index (κ1) is 21.7. The second kappa shape index (κ2) is 8.35. The molecule has 2 N–H and O–H groups in total. The van der Waals surface area contributed by atoms with E-state index in [4.69, 9.17) is 0 Å². The number of halogens is 1. The summed E-state index contributed by atoms with van der Waals surface area (Å²) in [4.78, 5) is 24.4. The average Bonchev–Trinajstić information content (AvgIpc) is 3.18. The molecule has 1 aliphatic rings. The van der Waals surface area contributed by atoms with E-state index >= 15 is 0 Å². The van der Waals surface area contributed by atoms with E-state index in [1.165, 1.54) is 23.1 Å². The average molecular weight is 459 g/mol. The molecule has 0 aliphatic carbocycles. The molecule has 1 aromatic carbocycles. The molecule has 172 valence electrons. The molecule has 34 heavy (non-hydrogen) atoms. The quantitative estimate of drug-likeness (QED) is 0.485. The van der Waals surface area contributed by atoms with Crippen molar-refractivity contribution in [3.05, 3.63) is 53.7 Å². The van der Waals surface area contributed by atoms with E-state index in [-0.39, 0.29) is 23.2 Å². The molecule has 0 bridgehead atoms. The van der Waals surface area contributed by atoms with Crippen LogP contribution in [0.15, 0.2) is 36.8 Å². The fraction of sp³-hybridized carbons (Fsp3) is 0.292. The highest BCUT2D eigenvalue weighted by atomic mass is 19.1. The van der Waals surface area contributed by atoms with Crippen LogP contribution in [0.5, 0.6) is 0 Å². The largest absolute Gasteiger partial charge is 0.353 e. The predicted molar refractivity (Wildman–Crippen MR) is 127 cm³/mol. The molecule has 1 fully saturated rings. The van der Waals surface area contributed by atoms with E-state index in [1.807, 2.05) is 0 Å². The molecule has 1 aliphatic heterocycles. The van der Waals surface area contributed by atoms with Gasteiger partial charge in [0, 0.05) is 67.3 Å². The lowest BCUT2D eigenvalue weighted by atomic mass is 10.1. The number of piperazine rings is 1. The summed E-state index contributed by atoms with van der Waals surface area (Å²) in [7, 11) is 1.71. The van der Waals surface area contributed by atoms with Crippen molar-refractivity contribution in [1.29, 1.82) is 5.26 Å². The molecule has 0 saturated carbocycles. The first-order valence-corrected chi connectivity index (χ1v) is 11.0. The Hall–Kier alpha value is -4.10. The Morgan fingerprint density at radius 3 is 2.68 bits per heavy atom. The molecule has 1 amide bonds. The van der Waals surface area contributed by atoms with Gasteiger partial charge < -0.3 is 15.5 Å². The number of pyridine rings is 2. The van der Waals surface area contributed by atoms with Crippen molar-refractivity contribution in [3.63, 3.8) is 0 Å². The second-order valence-corrected chi connectivity index (χ2v) is 8.75. The highest BCUT2D eigenvalue weighted by Gasteiger charge is 2.25. The molecule has 2 atom stereocenters. The number of anilines is 2. The topological polar surface area (TPSA) is 112 Å². The van der Waals surface area contributed by atoms with E-state index in [0.29, 0.717) is 33.4 Å². The van der Waals surface area contributed by atoms with Gasteiger partial charge in [0.25, 0.3) is 5.91 Å². The highest BCUT2D eigenvalue weighted by Crippen LogP contribution is 2.29. The van der Waals surface area contributed by atoms with Gasteiger partial charge in [0.15, 0.2) is 5.82 Å². The van der Waals surface area contributed by atoms with Crippen LogP contribution in [0, 0.1) is 17.1 Å². The number of carbonyl (C=O) groups is 1. The van der Waals surface area contributed by atoms with Gasteiger partial charge in [-0.05, 0) is 32.0 Å². The Kier molecular flexibility index (Phi) is 5.34. The smallest absolute Gasteiger partial charge is 0.259 e. The lowest BCUT2D eigenvalue weighted by Gasteiger charge is -2.37. The summed E-state index contributed by atoms with van der Waals surface area (Å²) >= 11 is 0. The van der Waals surface area contributed by atoms with E-state index in [0.717, 1.165) is 13.1 Å². The maximum absolute atomic E-state index is 14.5. The maximum atomic E-state index is 14.5. The Morgan fingerprint density at radius 2 is 1.94 bits per heavy atom. The molecule has 0 spiro atoms. The second-order valence-electron chi connectivity index (χ2n) is 8.75. The van der Waals surface area contributed by atoms with Gasteiger partial charge in [-0.15, -0.1) is 0 Å². The van der Waals surface area contributed by atoms with E-state index in [2.05, 4.69) is 50.5 Å². The molecule has 0 unspecified atom stereocenters. The van der Waals surface area contributed by atoms with Crippen molar-refractivity contribution in [3.8, 4) is 6.07 Å². The number of hydrogen-bond acceptors (Lipinski definition) is 7. The summed E-state index contributed by atoms with van der Waals surface area (Å²) in [6.07, 6.45) is 4.61. The van der Waals surface area contributed by atoms with Crippen LogP contribution in [0.1, 0.15) is 29.8 Å². The Bertz CT molecular complexity index is 1460. The molecule has 1 saturated heterocycles. The normalized spacial score (nSPS) is 18.3. The van der Waals surface area contributed by atoms with Gasteiger partial charge in [0.05, 0.1) is 16.6 Å². The van der Waals surface area contributed by atoms with Crippen molar-refractivity contribution in [2.24, 2.45) is 7.05 Å². The first-order chi connectivity index (χ1) is 16.3. The van der Waals surface area contributed by atoms with Crippen LogP contribution in [-0.2, 0) is 7.05 Å². The fourth-order valence-electron chi connectivity index (χ4n) is 4.57. The minimum atomic E-state index is -0.523. The van der Waals surface area contributed by atoms with Gasteiger partial charge in [-0.3, -0.25) is 14.5 Å². The number of carbonyl (C=O) groups excluding carboxylic acids is 1. The summed E-state index contributed by atoms with van der Waals surface area (Å²) in [5.74, 6) is -0.310. The summed E-state index contributed by atoms with van der Waals surface area (Å²) in [5.41, 5.74) is 1.60. The molecule has 4 heterocycles. The van der Waals surface area contributed by atoms with E-state index < -0.39 is 11.7 Å². The Morgan fingerprint density at radius 1 is 1.18 bits per heavy atom. The maximum Gasteiger partial charge on any atom is 0.259 e. The van der Waals surface area contributed by atoms with Crippen LogP contribution in [0.25, 0.3) is 21.8 Å². The van der Waals surface area contributed by atoms with Crippen molar-refractivity contribution in [2.45, 2.75) is 25.9 Å². The van der Waals surface area contributed by atoms with Crippen molar-refractivity contribution in [1.82, 2.24) is 25.1 Å². The molecule has 9 nitrogen and oxygen atoms in total. The zero-order valence-corrected chi connectivity index (χ0v) is 19.0. The van der Waals surface area contributed by atoms with Crippen LogP contribution < -0.4 is 15.5 Å². The molecule has 4 aromatic rings. The van der Waals surface area contributed by atoms with Crippen LogP contribution in [0.4, 0.5) is 15.9 Å². The molecule has 0 radical (unpaired) electrons. The number of fused-ring (bicyclic) bond motifs is 2. The number of amides is 1. The Labute approximate surface area is 195 Å². The van der Waals surface area contributed by atoms with Crippen molar-refractivity contribution in [2.75, 3.05) is 23.3 Å². The molecule has 10 heteroatoms. The number of aryl methyl sites for hydroxylation is 1. The molecule has 3 aromatic heterocycles. The van der Waals surface area contributed by atoms with E-state index in [9.17, 15) is 14.4 Å². The van der Waals surface area contributed by atoms with Crippen LogP contribution in [-0.4, -0.2) is 50.8 Å². The van der Waals surface area contributed by atoms with Crippen LogP contribution in [0.2, 0.25) is 0 Å². The zero-order valence-electron chi connectivity index (χ0n) is 19.0. The van der Waals surface area contributed by atoms with Crippen molar-refractivity contribution < 1.29 is 9.18 Å². The summed E-state index contributed by atoms with van der Waals surface area (Å²) < 4.78 is 16.0. The van der Waals surface area contributed by atoms with Gasteiger partial charge in [-0.1, -0.05) is 0 Å². The summed E-state index contributed by atoms with van der Waals surface area (Å²) in [5, 5.41) is 20.9. The summed E-state index contributed by atoms with van der Waals surface area (Å²) in [6.45, 7) is 5.67. The van der Waals surface area contributed by atoms with Gasteiger partial charge in [0.2, 0.25) is 0 Å². The van der Waals surface area contributed by atoms with E-state index in [1.54, 1.807) is 25.4 Å². The molecular formula is C24H23FN8O. The number of hydrogen-bond donors (Lipinski definition) is 2. The fourth-order valence-corrected chi connectivity index (χ4v) is 4.57. The minimum absolute atomic E-state index is 0.238. The number of aromatic nitrogens is 4. The summed E-state index contributed by atoms with van der Waals surface area (Å²) in [6, 6.07) is 7.24. The number of nitrogens with one attached hydrogen (secondary N) is 2. The first-order valence-electron chi connectivity index (χ1n) is 11.0. The Balaban J connectivity index is 1.55. The third kappa shape index (κ3) is 3.91. The highest BCUT2D eigenvalue weighted by molar-refractivity contribution is 6.13. The van der Waals surface area contributed by atoms with Crippen molar-refractivity contribution >= 4 is 39.2 Å². The number of nitriles is 1. The molecular weight excluding hydrogens is 435 g/mol. The van der Waals surface area contributed by atoms with Gasteiger partial charge >= 0.3 is 0 Å². The third-order valence-electron chi connectivity index (χ3n) is 5.86. The standard InChI is InChI=1S/C24H23FN8O/c1-13-10-33(11-14(2)29-13)23-18-4-15(7-26)8-27-22(18)19(9-28-23)24(34)30-17-5-16-12-32(3)31-21(16)20(25)6-17/h4-6,8-9,12-14,29H,10-11H2,1-3H3,(H,30,34)/t13-,14-/m0/s1. The SMILES string of the molecule is C[C@H]1CN(c2ncc(C(=O)Nc3cc(F)c4nn(C)cc4c3)c3ncc(C#N)cc23)C[C@H](C)N1. The van der Waals surface area contributed by atoms with Gasteiger partial charge in [0.1, 0.15) is 17.4 Å². The third-order valence-corrected chi connectivity index (χ3v) is 5.86. The van der Waals surface area contributed by atoms with Crippen LogP contribution in [0.3, 0.4) is 0 Å². The minimum Gasteiger partial charge on any atom is -0.353 e. The van der Waals surface area contributed by atoms with Gasteiger partial charge in [-0.25, -0.2) is 9.37 Å². The number of nitrogens with zero attached hydrogens (tertiary/aromatic N) is 6.